The number of anilines is 1. The van der Waals surface area contributed by atoms with Crippen molar-refractivity contribution in [2.75, 3.05) is 18.4 Å². The normalized spacial score (nSPS) is 17.3. The summed E-state index contributed by atoms with van der Waals surface area (Å²) in [7, 11) is 0. The lowest BCUT2D eigenvalue weighted by molar-refractivity contribution is 0.220. The highest BCUT2D eigenvalue weighted by Gasteiger charge is 2.27. The van der Waals surface area contributed by atoms with Gasteiger partial charge in [0.05, 0.1) is 5.69 Å². The first kappa shape index (κ1) is 17.5. The fraction of sp³-hybridized carbons (Fsp3) is 0.500. The van der Waals surface area contributed by atoms with Gasteiger partial charge in [0.15, 0.2) is 0 Å². The summed E-state index contributed by atoms with van der Waals surface area (Å²) in [5, 5.41) is 3.06. The van der Waals surface area contributed by atoms with E-state index >= 15 is 0 Å². The van der Waals surface area contributed by atoms with Crippen molar-refractivity contribution in [3.05, 3.63) is 35.7 Å². The summed E-state index contributed by atoms with van der Waals surface area (Å²) >= 11 is 0. The van der Waals surface area contributed by atoms with E-state index in [4.69, 9.17) is 4.42 Å². The highest BCUT2D eigenvalue weighted by Crippen LogP contribution is 2.27. The van der Waals surface area contributed by atoms with Gasteiger partial charge in [-0.3, -0.25) is 0 Å². The molecule has 0 saturated carbocycles. The molecule has 5 heteroatoms. The molecule has 0 bridgehead atoms. The summed E-state index contributed by atoms with van der Waals surface area (Å²) < 4.78 is 5.47. The van der Waals surface area contributed by atoms with E-state index in [2.05, 4.69) is 24.1 Å². The number of carbonyl (C=O) groups is 1. The van der Waals surface area contributed by atoms with Crippen LogP contribution in [-0.2, 0) is 0 Å². The molecule has 1 aromatic carbocycles. The number of benzene rings is 1. The van der Waals surface area contributed by atoms with Gasteiger partial charge in [0.1, 0.15) is 6.26 Å². The molecule has 1 saturated heterocycles. The van der Waals surface area contributed by atoms with Gasteiger partial charge in [0, 0.05) is 24.3 Å². The van der Waals surface area contributed by atoms with Crippen LogP contribution in [0.1, 0.15) is 37.9 Å². The summed E-state index contributed by atoms with van der Waals surface area (Å²) in [5.41, 5.74) is 3.55. The van der Waals surface area contributed by atoms with E-state index in [1.165, 1.54) is 6.42 Å². The van der Waals surface area contributed by atoms with Crippen molar-refractivity contribution in [2.45, 2.75) is 40.5 Å². The molecule has 0 spiro atoms. The van der Waals surface area contributed by atoms with Crippen LogP contribution in [0.25, 0.3) is 11.5 Å². The Balaban J connectivity index is 1.69. The van der Waals surface area contributed by atoms with Gasteiger partial charge in [0.25, 0.3) is 0 Å². The van der Waals surface area contributed by atoms with E-state index in [1.54, 1.807) is 6.26 Å². The lowest BCUT2D eigenvalue weighted by atomic mass is 9.97. The zero-order valence-corrected chi connectivity index (χ0v) is 15.5. The molecule has 134 valence electrons. The van der Waals surface area contributed by atoms with Gasteiger partial charge in [-0.05, 0) is 56.2 Å². The van der Waals surface area contributed by atoms with Gasteiger partial charge in [-0.15, -0.1) is 0 Å². The number of aromatic nitrogens is 1. The number of likely N-dealkylation sites (tertiary alicyclic amines) is 1. The van der Waals surface area contributed by atoms with Crippen molar-refractivity contribution in [3.8, 4) is 11.5 Å². The molecule has 1 atom stereocenters. The molecule has 1 N–H and O–H groups in total. The van der Waals surface area contributed by atoms with E-state index in [-0.39, 0.29) is 6.03 Å². The topological polar surface area (TPSA) is 58.4 Å². The maximum absolute atomic E-state index is 12.6. The minimum Gasteiger partial charge on any atom is -0.444 e. The molecular weight excluding hydrogens is 314 g/mol. The van der Waals surface area contributed by atoms with Gasteiger partial charge in [-0.2, -0.15) is 0 Å². The third-order valence-electron chi connectivity index (χ3n) is 4.72. The highest BCUT2D eigenvalue weighted by atomic mass is 16.3. The number of rotatable bonds is 4. The highest BCUT2D eigenvalue weighted by molar-refractivity contribution is 5.91. The summed E-state index contributed by atoms with van der Waals surface area (Å²) in [4.78, 5) is 18.9. The number of nitrogens with one attached hydrogen (secondary N) is 1. The molecule has 2 amide bonds. The van der Waals surface area contributed by atoms with Crippen LogP contribution in [0.2, 0.25) is 0 Å². The molecule has 0 aliphatic carbocycles. The molecule has 2 aromatic rings. The molecule has 3 rings (SSSR count). The molecule has 1 unspecified atom stereocenters. The van der Waals surface area contributed by atoms with Crippen molar-refractivity contribution in [2.24, 2.45) is 11.8 Å². The quantitative estimate of drug-likeness (QED) is 0.864. The zero-order valence-electron chi connectivity index (χ0n) is 15.5. The molecular formula is C20H27N3O2. The SMILES string of the molecule is Cc1coc(-c2ccc(C)c(NC(=O)N3CCC(CC(C)C)C3)c2)n1. The van der Waals surface area contributed by atoms with Crippen molar-refractivity contribution in [1.29, 1.82) is 0 Å². The zero-order chi connectivity index (χ0) is 18.0. The maximum Gasteiger partial charge on any atom is 0.321 e. The second-order valence-electron chi connectivity index (χ2n) is 7.48. The average Bonchev–Trinajstić information content (AvgIpc) is 3.18. The van der Waals surface area contributed by atoms with E-state index in [0.29, 0.717) is 17.7 Å². The number of carbonyl (C=O) groups excluding carboxylic acids is 1. The summed E-state index contributed by atoms with van der Waals surface area (Å²) in [6.07, 6.45) is 3.91. The second kappa shape index (κ2) is 7.30. The van der Waals surface area contributed by atoms with Gasteiger partial charge >= 0.3 is 6.03 Å². The summed E-state index contributed by atoms with van der Waals surface area (Å²) in [6.45, 7) is 10.0. The number of nitrogens with zero attached hydrogens (tertiary/aromatic N) is 2. The lowest BCUT2D eigenvalue weighted by Crippen LogP contribution is -2.33. The Hall–Kier alpha value is -2.30. The third kappa shape index (κ3) is 4.21. The minimum atomic E-state index is -0.0184. The van der Waals surface area contributed by atoms with Crippen LogP contribution < -0.4 is 5.32 Å². The average molecular weight is 341 g/mol. The molecule has 0 radical (unpaired) electrons. The monoisotopic (exact) mass is 341 g/mol. The lowest BCUT2D eigenvalue weighted by Gasteiger charge is -2.19. The predicted octanol–water partition coefficient (Wildman–Crippen LogP) is 4.86. The molecule has 1 aliphatic heterocycles. The fourth-order valence-corrected chi connectivity index (χ4v) is 3.45. The fourth-order valence-electron chi connectivity index (χ4n) is 3.45. The molecule has 2 heterocycles. The van der Waals surface area contributed by atoms with E-state index < -0.39 is 0 Å². The molecule has 1 fully saturated rings. The predicted molar refractivity (Wildman–Crippen MR) is 99.6 cm³/mol. The van der Waals surface area contributed by atoms with Crippen LogP contribution in [-0.4, -0.2) is 29.0 Å². The number of urea groups is 1. The van der Waals surface area contributed by atoms with Crippen molar-refractivity contribution >= 4 is 11.7 Å². The van der Waals surface area contributed by atoms with Crippen LogP contribution in [0, 0.1) is 25.7 Å². The van der Waals surface area contributed by atoms with Gasteiger partial charge < -0.3 is 14.6 Å². The van der Waals surface area contributed by atoms with Crippen LogP contribution in [0.3, 0.4) is 0 Å². The molecule has 5 nitrogen and oxygen atoms in total. The third-order valence-corrected chi connectivity index (χ3v) is 4.72. The largest absolute Gasteiger partial charge is 0.444 e. The van der Waals surface area contributed by atoms with Gasteiger partial charge in [-0.1, -0.05) is 19.9 Å². The summed E-state index contributed by atoms with van der Waals surface area (Å²) in [6, 6.07) is 5.86. The first-order valence-corrected chi connectivity index (χ1v) is 9.01. The van der Waals surface area contributed by atoms with Crippen LogP contribution in [0.5, 0.6) is 0 Å². The Kier molecular flexibility index (Phi) is 5.11. The molecule has 25 heavy (non-hydrogen) atoms. The summed E-state index contributed by atoms with van der Waals surface area (Å²) in [5.74, 6) is 1.87. The first-order valence-electron chi connectivity index (χ1n) is 9.01. The van der Waals surface area contributed by atoms with Crippen LogP contribution in [0.4, 0.5) is 10.5 Å². The van der Waals surface area contributed by atoms with Gasteiger partial charge in [0.2, 0.25) is 5.89 Å². The second-order valence-corrected chi connectivity index (χ2v) is 7.48. The van der Waals surface area contributed by atoms with Crippen molar-refractivity contribution < 1.29 is 9.21 Å². The number of aryl methyl sites for hydroxylation is 2. The Labute approximate surface area is 149 Å². The Morgan fingerprint density at radius 3 is 2.88 bits per heavy atom. The Bertz CT molecular complexity index is 751. The van der Waals surface area contributed by atoms with Gasteiger partial charge in [-0.25, -0.2) is 9.78 Å². The molecule has 1 aromatic heterocycles. The van der Waals surface area contributed by atoms with E-state index in [0.717, 1.165) is 42.0 Å². The smallest absolute Gasteiger partial charge is 0.321 e. The van der Waals surface area contributed by atoms with Crippen molar-refractivity contribution in [1.82, 2.24) is 9.88 Å². The number of oxazole rings is 1. The van der Waals surface area contributed by atoms with Crippen molar-refractivity contribution in [3.63, 3.8) is 0 Å². The Morgan fingerprint density at radius 1 is 1.40 bits per heavy atom. The minimum absolute atomic E-state index is 0.0184. The first-order chi connectivity index (χ1) is 11.9. The van der Waals surface area contributed by atoms with E-state index in [9.17, 15) is 4.79 Å². The number of hydrogen-bond donors (Lipinski definition) is 1. The van der Waals surface area contributed by atoms with Crippen LogP contribution in [0.15, 0.2) is 28.9 Å². The molecule has 1 aliphatic rings. The Morgan fingerprint density at radius 2 is 2.20 bits per heavy atom. The standard InChI is InChI=1S/C20H27N3O2/c1-13(2)9-16-7-8-23(11-16)20(24)22-18-10-17(6-5-14(18)3)19-21-15(4)12-25-19/h5-6,10,12-13,16H,7-9,11H2,1-4H3,(H,22,24). The number of hydrogen-bond acceptors (Lipinski definition) is 3. The van der Waals surface area contributed by atoms with Crippen LogP contribution >= 0.6 is 0 Å². The number of amides is 2. The van der Waals surface area contributed by atoms with E-state index in [1.807, 2.05) is 36.9 Å². The maximum atomic E-state index is 12.6.